The van der Waals surface area contributed by atoms with Crippen molar-refractivity contribution in [3.8, 4) is 11.5 Å². The fourth-order valence-electron chi connectivity index (χ4n) is 6.93. The summed E-state index contributed by atoms with van der Waals surface area (Å²) in [4.78, 5) is 52.8. The van der Waals surface area contributed by atoms with E-state index in [0.29, 0.717) is 25.1 Å². The summed E-state index contributed by atoms with van der Waals surface area (Å²) in [6.07, 6.45) is -1.14. The second kappa shape index (κ2) is 11.4. The van der Waals surface area contributed by atoms with Gasteiger partial charge in [0.25, 0.3) is 0 Å². The van der Waals surface area contributed by atoms with Crippen molar-refractivity contribution < 1.29 is 52.7 Å². The maximum atomic E-state index is 13.3. The van der Waals surface area contributed by atoms with Gasteiger partial charge in [0.2, 0.25) is 0 Å². The number of nitrogens with one attached hydrogen (secondary N) is 1. The molecule has 13 nitrogen and oxygen atoms in total. The lowest BCUT2D eigenvalue weighted by Crippen LogP contribution is -2.74. The molecule has 46 heavy (non-hydrogen) atoms. The number of hydrogen-bond donors (Lipinski definition) is 2. The van der Waals surface area contributed by atoms with Crippen molar-refractivity contribution in [1.29, 1.82) is 0 Å². The van der Waals surface area contributed by atoms with Crippen LogP contribution in [0.4, 0.5) is 9.59 Å². The van der Waals surface area contributed by atoms with E-state index in [1.54, 1.807) is 53.7 Å². The predicted molar refractivity (Wildman–Crippen MR) is 162 cm³/mol. The average Bonchev–Trinajstić information content (AvgIpc) is 3.27. The number of hydrogen-bond acceptors (Lipinski definition) is 12. The van der Waals surface area contributed by atoms with Crippen molar-refractivity contribution in [2.24, 2.45) is 0 Å². The molecule has 1 fully saturated rings. The van der Waals surface area contributed by atoms with Gasteiger partial charge in [-0.1, -0.05) is 6.07 Å². The molecule has 1 saturated heterocycles. The summed E-state index contributed by atoms with van der Waals surface area (Å²) in [5.74, 6) is -1.13. The molecule has 2 aliphatic heterocycles. The second-order valence-corrected chi connectivity index (χ2v) is 14.5. The first kappa shape index (κ1) is 33.5. The van der Waals surface area contributed by atoms with E-state index in [-0.39, 0.29) is 24.0 Å². The van der Waals surface area contributed by atoms with Crippen LogP contribution in [0.3, 0.4) is 0 Å². The molecule has 2 aliphatic carbocycles. The molecule has 2 heterocycles. The number of carbonyl (C=O) groups is 4. The van der Waals surface area contributed by atoms with E-state index >= 15 is 0 Å². The number of esters is 2. The van der Waals surface area contributed by atoms with Crippen molar-refractivity contribution in [2.45, 2.75) is 121 Å². The first-order valence-electron chi connectivity index (χ1n) is 15.5. The highest BCUT2D eigenvalue weighted by molar-refractivity contribution is 5.84. The summed E-state index contributed by atoms with van der Waals surface area (Å²) in [5.41, 5.74) is -2.15. The fraction of sp³-hybridized carbons (Fsp3) is 0.636. The molecule has 1 spiro atoms. The molecule has 6 atom stereocenters. The summed E-state index contributed by atoms with van der Waals surface area (Å²) < 4.78 is 33.8. The van der Waals surface area contributed by atoms with Crippen LogP contribution < -0.4 is 14.8 Å². The smallest absolute Gasteiger partial charge is 0.477 e. The van der Waals surface area contributed by atoms with E-state index in [2.05, 4.69) is 10.2 Å². The Balaban J connectivity index is 1.38. The quantitative estimate of drug-likeness (QED) is 0.263. The van der Waals surface area contributed by atoms with Gasteiger partial charge in [-0.3, -0.25) is 0 Å². The minimum absolute atomic E-state index is 0.135. The van der Waals surface area contributed by atoms with E-state index in [1.807, 2.05) is 13.1 Å². The number of likely N-dealkylation sites (N-methyl/N-ethyl adjacent to an activating group) is 1. The minimum atomic E-state index is -1.34. The number of ether oxygens (including phenoxy) is 6. The van der Waals surface area contributed by atoms with Gasteiger partial charge in [-0.2, -0.15) is 0 Å². The second-order valence-electron chi connectivity index (χ2n) is 14.5. The van der Waals surface area contributed by atoms with Gasteiger partial charge in [-0.05, 0) is 99.5 Å². The van der Waals surface area contributed by atoms with Gasteiger partial charge < -0.3 is 43.7 Å². The van der Waals surface area contributed by atoms with Gasteiger partial charge in [0.05, 0.1) is 11.0 Å². The molecule has 4 aliphatic rings. The van der Waals surface area contributed by atoms with E-state index in [4.69, 9.17) is 28.4 Å². The van der Waals surface area contributed by atoms with E-state index in [1.165, 1.54) is 13.8 Å². The zero-order valence-corrected chi connectivity index (χ0v) is 27.8. The molecule has 1 aromatic rings. The molecule has 0 unspecified atom stereocenters. The molecular weight excluding hydrogens is 600 g/mol. The molecule has 252 valence electrons. The lowest BCUT2D eigenvalue weighted by atomic mass is 9.50. The van der Waals surface area contributed by atoms with Crippen LogP contribution >= 0.6 is 0 Å². The van der Waals surface area contributed by atoms with Crippen molar-refractivity contribution in [3.05, 3.63) is 35.1 Å². The predicted octanol–water partition coefficient (Wildman–Crippen LogP) is 3.67. The van der Waals surface area contributed by atoms with Crippen LogP contribution in [0.15, 0.2) is 24.0 Å². The van der Waals surface area contributed by atoms with Crippen molar-refractivity contribution in [3.63, 3.8) is 0 Å². The molecule has 5 rings (SSSR count). The van der Waals surface area contributed by atoms with E-state index in [0.717, 1.165) is 11.1 Å². The number of aliphatic hydroxyl groups is 1. The maximum Gasteiger partial charge on any atom is 0.514 e. The Labute approximate surface area is 268 Å². The van der Waals surface area contributed by atoms with E-state index < -0.39 is 64.7 Å². The fourth-order valence-corrected chi connectivity index (χ4v) is 6.93. The monoisotopic (exact) mass is 644 g/mol. The third kappa shape index (κ3) is 5.90. The zero-order chi connectivity index (χ0) is 34.0. The first-order valence-corrected chi connectivity index (χ1v) is 15.5. The summed E-state index contributed by atoms with van der Waals surface area (Å²) in [7, 11) is 1.97. The largest absolute Gasteiger partial charge is 0.514 e. The first-order chi connectivity index (χ1) is 21.3. The van der Waals surface area contributed by atoms with Crippen LogP contribution in [-0.2, 0) is 40.4 Å². The molecule has 0 saturated carbocycles. The van der Waals surface area contributed by atoms with Gasteiger partial charge in [0.15, 0.2) is 23.7 Å². The molecule has 1 amide bonds. The lowest BCUT2D eigenvalue weighted by Gasteiger charge is -2.61. The Hall–Kier alpha value is -3.84. The highest BCUT2D eigenvalue weighted by Crippen LogP contribution is 2.65. The van der Waals surface area contributed by atoms with Gasteiger partial charge in [-0.25, -0.2) is 19.2 Å². The third-order valence-corrected chi connectivity index (χ3v) is 8.85. The summed E-state index contributed by atoms with van der Waals surface area (Å²) >= 11 is 0. The van der Waals surface area contributed by atoms with Gasteiger partial charge in [0.1, 0.15) is 23.0 Å². The Morgan fingerprint density at radius 2 is 1.70 bits per heavy atom. The molecule has 2 N–H and O–H groups in total. The maximum absolute atomic E-state index is 13.3. The number of piperidine rings is 1. The normalized spacial score (nSPS) is 27.6. The number of benzene rings is 1. The molecular formula is C33H44N2O11. The van der Waals surface area contributed by atoms with Crippen LogP contribution in [0.25, 0.3) is 0 Å². The van der Waals surface area contributed by atoms with E-state index in [9.17, 15) is 24.3 Å². The highest BCUT2D eigenvalue weighted by atomic mass is 16.7. The molecule has 0 radical (unpaired) electrons. The number of nitrogens with zero attached hydrogens (tertiary/aromatic N) is 1. The van der Waals surface area contributed by atoms with Crippen LogP contribution in [0.2, 0.25) is 0 Å². The molecule has 1 aromatic carbocycles. The summed E-state index contributed by atoms with van der Waals surface area (Å²) in [6, 6.07) is 2.18. The summed E-state index contributed by atoms with van der Waals surface area (Å²) in [6.45, 7) is 13.7. The molecule has 0 aromatic heterocycles. The van der Waals surface area contributed by atoms with Gasteiger partial charge >= 0.3 is 24.2 Å². The van der Waals surface area contributed by atoms with Crippen molar-refractivity contribution >= 4 is 24.2 Å². The zero-order valence-electron chi connectivity index (χ0n) is 27.8. The SMILES string of the molecule is C[C@H](NC(=O)OC(C)(C)C)C(=O)O[C@@H](C)C(=O)OC1=CC[C@@]2(O)[C@@H]3Cc4ccc(OC(=O)OC(C)(C)C)c5c4[C@@]2(CCN3C)[C@H]1O5. The average molecular weight is 645 g/mol. The van der Waals surface area contributed by atoms with Crippen LogP contribution in [0.5, 0.6) is 11.5 Å². The Morgan fingerprint density at radius 3 is 2.35 bits per heavy atom. The minimum Gasteiger partial charge on any atom is -0.477 e. The Kier molecular flexibility index (Phi) is 8.34. The number of carbonyl (C=O) groups excluding carboxylic acids is 4. The topological polar surface area (TPSA) is 159 Å². The van der Waals surface area contributed by atoms with Crippen molar-refractivity contribution in [2.75, 3.05) is 13.6 Å². The Morgan fingerprint density at radius 1 is 1.02 bits per heavy atom. The standard InChI is InChI=1S/C33H44N2O11/c1-17(34-28(38)45-30(3,4)5)26(36)41-18(2)27(37)42-21-12-13-33(40)22-16-19-10-11-20(43-29(39)46-31(6,7)8)24-23(19)32(33,25(21)44-24)14-15-35(22)9/h10-12,17-18,22,25,40H,13-16H2,1-9H3,(H,34,38)/t17-,18-,22-,25-,32-,33+/m0/s1. The number of alkyl carbamates (subject to hydrolysis) is 1. The lowest BCUT2D eigenvalue weighted by molar-refractivity contribution is -0.175. The number of rotatable bonds is 6. The Bertz CT molecular complexity index is 1470. The molecule has 13 heteroatoms. The van der Waals surface area contributed by atoms with Crippen molar-refractivity contribution in [1.82, 2.24) is 10.2 Å². The van der Waals surface area contributed by atoms with Crippen LogP contribution in [0.1, 0.15) is 79.4 Å². The highest BCUT2D eigenvalue weighted by Gasteiger charge is 2.72. The molecule has 2 bridgehead atoms. The summed E-state index contributed by atoms with van der Waals surface area (Å²) in [5, 5.41) is 14.8. The van der Waals surface area contributed by atoms with Gasteiger partial charge in [0, 0.05) is 18.0 Å². The number of amides is 1. The number of likely N-dealkylation sites (tertiary alicyclic amines) is 1. The third-order valence-electron chi connectivity index (χ3n) is 8.85. The van der Waals surface area contributed by atoms with Crippen LogP contribution in [0, 0.1) is 0 Å². The van der Waals surface area contributed by atoms with Crippen LogP contribution in [-0.4, -0.2) is 88.9 Å². The van der Waals surface area contributed by atoms with Gasteiger partial charge in [-0.15, -0.1) is 0 Å².